The first kappa shape index (κ1) is 16.3. The average Bonchev–Trinajstić information content (AvgIpc) is 2.53. The number of nitrogens with zero attached hydrogens (tertiary/aromatic N) is 2. The van der Waals surface area contributed by atoms with Gasteiger partial charge in [0.05, 0.1) is 0 Å². The Hall–Kier alpha value is -2.04. The minimum Gasteiger partial charge on any atom is -0.378 e. The van der Waals surface area contributed by atoms with Gasteiger partial charge in [0.15, 0.2) is 0 Å². The molecular weight excluding hydrogens is 272 g/mol. The van der Waals surface area contributed by atoms with E-state index >= 15 is 0 Å². The molecule has 0 aromatic heterocycles. The van der Waals surface area contributed by atoms with Crippen molar-refractivity contribution in [2.24, 2.45) is 11.5 Å². The molecular formula is C18H26N4. The third kappa shape index (κ3) is 3.59. The van der Waals surface area contributed by atoms with E-state index in [1.165, 1.54) is 0 Å². The number of hydrogen-bond donors (Lipinski definition) is 2. The van der Waals surface area contributed by atoms with E-state index in [0.29, 0.717) is 0 Å². The van der Waals surface area contributed by atoms with Crippen molar-refractivity contribution in [2.45, 2.75) is 12.1 Å². The Morgan fingerprint density at radius 3 is 1.09 bits per heavy atom. The minimum atomic E-state index is -0.221. The molecule has 0 bridgehead atoms. The van der Waals surface area contributed by atoms with Gasteiger partial charge in [-0.1, -0.05) is 24.3 Å². The summed E-state index contributed by atoms with van der Waals surface area (Å²) in [4.78, 5) is 4.13. The fourth-order valence-electron chi connectivity index (χ4n) is 2.40. The van der Waals surface area contributed by atoms with Gasteiger partial charge in [0.2, 0.25) is 0 Å². The summed E-state index contributed by atoms with van der Waals surface area (Å²) in [6.45, 7) is 0. The molecule has 0 spiro atoms. The largest absolute Gasteiger partial charge is 0.378 e. The van der Waals surface area contributed by atoms with Crippen molar-refractivity contribution in [2.75, 3.05) is 38.0 Å². The normalized spacial score (nSPS) is 13.5. The Morgan fingerprint density at radius 1 is 0.591 bits per heavy atom. The fourth-order valence-corrected chi connectivity index (χ4v) is 2.40. The average molecular weight is 298 g/mol. The van der Waals surface area contributed by atoms with E-state index in [-0.39, 0.29) is 12.1 Å². The molecule has 2 aromatic carbocycles. The van der Waals surface area contributed by atoms with Gasteiger partial charge in [-0.2, -0.15) is 0 Å². The smallest absolute Gasteiger partial charge is 0.0491 e. The van der Waals surface area contributed by atoms with Crippen LogP contribution in [-0.4, -0.2) is 28.2 Å². The molecule has 0 saturated carbocycles. The second kappa shape index (κ2) is 6.81. The Morgan fingerprint density at radius 2 is 0.864 bits per heavy atom. The van der Waals surface area contributed by atoms with Crippen LogP contribution in [0.1, 0.15) is 23.2 Å². The summed E-state index contributed by atoms with van der Waals surface area (Å²) in [5.41, 5.74) is 17.1. The van der Waals surface area contributed by atoms with Crippen LogP contribution < -0.4 is 21.3 Å². The third-order valence-electron chi connectivity index (χ3n) is 3.98. The lowest BCUT2D eigenvalue weighted by Gasteiger charge is -2.22. The molecule has 4 nitrogen and oxygen atoms in total. The van der Waals surface area contributed by atoms with E-state index in [2.05, 4.69) is 34.1 Å². The molecule has 0 aliphatic heterocycles. The first-order chi connectivity index (χ1) is 10.4. The number of nitrogens with two attached hydrogens (primary N) is 2. The second-order valence-electron chi connectivity index (χ2n) is 6.02. The van der Waals surface area contributed by atoms with Crippen molar-refractivity contribution >= 4 is 11.4 Å². The Labute approximate surface area is 133 Å². The topological polar surface area (TPSA) is 58.5 Å². The molecule has 0 aliphatic carbocycles. The summed E-state index contributed by atoms with van der Waals surface area (Å²) in [6.07, 6.45) is 0. The van der Waals surface area contributed by atoms with Crippen molar-refractivity contribution < 1.29 is 0 Å². The molecule has 0 amide bonds. The summed E-state index contributed by atoms with van der Waals surface area (Å²) in [5.74, 6) is 0. The van der Waals surface area contributed by atoms with E-state index < -0.39 is 0 Å². The van der Waals surface area contributed by atoms with Crippen LogP contribution in [0.2, 0.25) is 0 Å². The molecule has 0 radical (unpaired) electrons. The van der Waals surface area contributed by atoms with Crippen LogP contribution >= 0.6 is 0 Å². The highest BCUT2D eigenvalue weighted by Gasteiger charge is 2.17. The van der Waals surface area contributed by atoms with Crippen LogP contribution in [0.3, 0.4) is 0 Å². The first-order valence-electron chi connectivity index (χ1n) is 7.46. The number of anilines is 2. The van der Waals surface area contributed by atoms with Crippen LogP contribution in [0.15, 0.2) is 48.5 Å². The SMILES string of the molecule is CN(C)c1ccc([C@@H](N)[C@H](N)c2ccc(N(C)C)cc2)cc1. The van der Waals surface area contributed by atoms with Crippen molar-refractivity contribution in [1.82, 2.24) is 0 Å². The van der Waals surface area contributed by atoms with E-state index in [0.717, 1.165) is 22.5 Å². The molecule has 2 aromatic rings. The zero-order chi connectivity index (χ0) is 16.3. The van der Waals surface area contributed by atoms with Crippen molar-refractivity contribution in [3.05, 3.63) is 59.7 Å². The molecule has 118 valence electrons. The molecule has 0 fully saturated rings. The van der Waals surface area contributed by atoms with Crippen molar-refractivity contribution in [3.63, 3.8) is 0 Å². The molecule has 0 heterocycles. The van der Waals surface area contributed by atoms with Gasteiger partial charge in [-0.3, -0.25) is 0 Å². The monoisotopic (exact) mass is 298 g/mol. The second-order valence-corrected chi connectivity index (χ2v) is 6.02. The van der Waals surface area contributed by atoms with E-state index in [1.807, 2.05) is 52.5 Å². The van der Waals surface area contributed by atoms with E-state index in [9.17, 15) is 0 Å². The van der Waals surface area contributed by atoms with Crippen LogP contribution in [0.5, 0.6) is 0 Å². The molecule has 0 aliphatic rings. The lowest BCUT2D eigenvalue weighted by molar-refractivity contribution is 0.574. The molecule has 0 saturated heterocycles. The zero-order valence-electron chi connectivity index (χ0n) is 13.8. The van der Waals surface area contributed by atoms with Gasteiger partial charge < -0.3 is 21.3 Å². The summed E-state index contributed by atoms with van der Waals surface area (Å²) in [5, 5.41) is 0. The van der Waals surface area contributed by atoms with Crippen molar-refractivity contribution in [3.8, 4) is 0 Å². The Balaban J connectivity index is 2.15. The maximum Gasteiger partial charge on any atom is 0.0491 e. The van der Waals surface area contributed by atoms with Gasteiger partial charge in [0.25, 0.3) is 0 Å². The summed E-state index contributed by atoms with van der Waals surface area (Å²) < 4.78 is 0. The van der Waals surface area contributed by atoms with Crippen LogP contribution in [0, 0.1) is 0 Å². The minimum absolute atomic E-state index is 0.221. The summed E-state index contributed by atoms with van der Waals surface area (Å²) in [6, 6.07) is 16.0. The van der Waals surface area contributed by atoms with Crippen LogP contribution in [-0.2, 0) is 0 Å². The Kier molecular flexibility index (Phi) is 5.06. The molecule has 4 N–H and O–H groups in total. The van der Waals surface area contributed by atoms with Crippen LogP contribution in [0.4, 0.5) is 11.4 Å². The first-order valence-corrected chi connectivity index (χ1v) is 7.46. The summed E-state index contributed by atoms with van der Waals surface area (Å²) in [7, 11) is 8.08. The van der Waals surface area contributed by atoms with E-state index in [1.54, 1.807) is 0 Å². The van der Waals surface area contributed by atoms with E-state index in [4.69, 9.17) is 11.5 Å². The Bertz CT molecular complexity index is 532. The van der Waals surface area contributed by atoms with Gasteiger partial charge >= 0.3 is 0 Å². The van der Waals surface area contributed by atoms with Gasteiger partial charge in [0, 0.05) is 51.6 Å². The predicted molar refractivity (Wildman–Crippen MR) is 95.4 cm³/mol. The third-order valence-corrected chi connectivity index (χ3v) is 3.98. The van der Waals surface area contributed by atoms with Gasteiger partial charge in [-0.05, 0) is 35.4 Å². The highest BCUT2D eigenvalue weighted by Crippen LogP contribution is 2.27. The highest BCUT2D eigenvalue weighted by molar-refractivity contribution is 5.48. The van der Waals surface area contributed by atoms with Gasteiger partial charge in [-0.25, -0.2) is 0 Å². The number of hydrogen-bond acceptors (Lipinski definition) is 4. The molecule has 2 rings (SSSR count). The lowest BCUT2D eigenvalue weighted by Crippen LogP contribution is -2.26. The van der Waals surface area contributed by atoms with Gasteiger partial charge in [-0.15, -0.1) is 0 Å². The molecule has 0 unspecified atom stereocenters. The maximum absolute atomic E-state index is 6.35. The van der Waals surface area contributed by atoms with Crippen molar-refractivity contribution in [1.29, 1.82) is 0 Å². The molecule has 2 atom stereocenters. The van der Waals surface area contributed by atoms with Gasteiger partial charge in [0.1, 0.15) is 0 Å². The highest BCUT2D eigenvalue weighted by atomic mass is 15.1. The molecule has 22 heavy (non-hydrogen) atoms. The van der Waals surface area contributed by atoms with Crippen LogP contribution in [0.25, 0.3) is 0 Å². The number of benzene rings is 2. The quantitative estimate of drug-likeness (QED) is 0.890. The predicted octanol–water partition coefficient (Wildman–Crippen LogP) is 2.52. The lowest BCUT2D eigenvalue weighted by atomic mass is 9.94. The molecule has 4 heteroatoms. The maximum atomic E-state index is 6.35. The fraction of sp³-hybridized carbons (Fsp3) is 0.333. The standard InChI is InChI=1S/C18H26N4/c1-21(2)15-9-5-13(6-10-15)17(19)18(20)14-7-11-16(12-8-14)22(3)4/h5-12,17-18H,19-20H2,1-4H3/t17-,18-/m1/s1. The number of rotatable bonds is 5. The summed E-state index contributed by atoms with van der Waals surface area (Å²) >= 11 is 0. The zero-order valence-corrected chi connectivity index (χ0v) is 13.8.